The summed E-state index contributed by atoms with van der Waals surface area (Å²) in [6, 6.07) is -0.00652. The van der Waals surface area contributed by atoms with E-state index in [2.05, 4.69) is 34.9 Å². The Kier molecular flexibility index (Phi) is 6.32. The number of aromatic nitrogens is 2. The highest BCUT2D eigenvalue weighted by Gasteiger charge is 2.20. The van der Waals surface area contributed by atoms with Gasteiger partial charge in [0.05, 0.1) is 22.0 Å². The Morgan fingerprint density at radius 2 is 2.06 bits per heavy atom. The van der Waals surface area contributed by atoms with Crippen molar-refractivity contribution in [1.82, 2.24) is 9.78 Å². The third-order valence-corrected chi connectivity index (χ3v) is 4.07. The van der Waals surface area contributed by atoms with Crippen molar-refractivity contribution in [3.63, 3.8) is 0 Å². The summed E-state index contributed by atoms with van der Waals surface area (Å²) < 4.78 is 8.68. The Morgan fingerprint density at radius 3 is 2.56 bits per heavy atom. The van der Waals surface area contributed by atoms with Gasteiger partial charge >= 0.3 is 0 Å². The molecule has 2 atom stereocenters. The first kappa shape index (κ1) is 15.7. The van der Waals surface area contributed by atoms with E-state index < -0.39 is 0 Å². The van der Waals surface area contributed by atoms with E-state index >= 15 is 0 Å². The average molecular weight is 318 g/mol. The molecule has 0 aliphatic carbocycles. The highest BCUT2D eigenvalue weighted by molar-refractivity contribution is 9.10. The van der Waals surface area contributed by atoms with Gasteiger partial charge < -0.3 is 10.5 Å². The summed E-state index contributed by atoms with van der Waals surface area (Å²) in [6.07, 6.45) is 1.77. The quantitative estimate of drug-likeness (QED) is 0.840. The molecule has 1 rings (SSSR count). The van der Waals surface area contributed by atoms with Gasteiger partial charge in [-0.15, -0.1) is 0 Å². The lowest BCUT2D eigenvalue weighted by molar-refractivity contribution is 0.0572. The molecule has 1 heterocycles. The molecule has 1 aromatic rings. The lowest BCUT2D eigenvalue weighted by atomic mass is 10.1. The van der Waals surface area contributed by atoms with E-state index in [0.29, 0.717) is 6.61 Å². The monoisotopic (exact) mass is 317 g/mol. The number of halogens is 1. The van der Waals surface area contributed by atoms with Crippen molar-refractivity contribution in [3.8, 4) is 0 Å². The molecule has 2 unspecified atom stereocenters. The van der Waals surface area contributed by atoms with E-state index in [1.165, 1.54) is 5.69 Å². The van der Waals surface area contributed by atoms with Gasteiger partial charge in [-0.05, 0) is 43.1 Å². The lowest BCUT2D eigenvalue weighted by Gasteiger charge is -2.20. The maximum Gasteiger partial charge on any atom is 0.0766 e. The van der Waals surface area contributed by atoms with Crippen LogP contribution in [-0.4, -0.2) is 28.5 Å². The van der Waals surface area contributed by atoms with Gasteiger partial charge in [0.25, 0.3) is 0 Å². The topological polar surface area (TPSA) is 53.1 Å². The van der Waals surface area contributed by atoms with Crippen LogP contribution >= 0.6 is 15.9 Å². The summed E-state index contributed by atoms with van der Waals surface area (Å²) in [5, 5.41) is 4.58. The van der Waals surface area contributed by atoms with Crippen LogP contribution < -0.4 is 5.73 Å². The van der Waals surface area contributed by atoms with Crippen molar-refractivity contribution < 1.29 is 4.74 Å². The average Bonchev–Trinajstić information content (AvgIpc) is 2.66. The fourth-order valence-electron chi connectivity index (χ4n) is 1.99. The predicted octanol–water partition coefficient (Wildman–Crippen LogP) is 2.52. The van der Waals surface area contributed by atoms with Gasteiger partial charge in [0.1, 0.15) is 0 Å². The molecule has 2 N–H and O–H groups in total. The number of aryl methyl sites for hydroxylation is 2. The van der Waals surface area contributed by atoms with Crippen molar-refractivity contribution in [2.75, 3.05) is 6.61 Å². The van der Waals surface area contributed by atoms with Gasteiger partial charge in [0, 0.05) is 25.6 Å². The molecule has 0 aliphatic rings. The first-order chi connectivity index (χ1) is 8.54. The van der Waals surface area contributed by atoms with Crippen LogP contribution in [0.15, 0.2) is 4.47 Å². The zero-order valence-electron chi connectivity index (χ0n) is 11.7. The Labute approximate surface area is 118 Å². The summed E-state index contributed by atoms with van der Waals surface area (Å²) in [4.78, 5) is 0. The van der Waals surface area contributed by atoms with E-state index in [4.69, 9.17) is 10.5 Å². The van der Waals surface area contributed by atoms with Gasteiger partial charge in [-0.3, -0.25) is 4.68 Å². The molecule has 1 aromatic heterocycles. The SMILES string of the molecule is CCOC(C)C(N)Cc1c(Br)c(CC)nn1CC. The molecule has 0 amide bonds. The second-order valence-electron chi connectivity index (χ2n) is 4.41. The highest BCUT2D eigenvalue weighted by Crippen LogP contribution is 2.24. The first-order valence-electron chi connectivity index (χ1n) is 6.66. The summed E-state index contributed by atoms with van der Waals surface area (Å²) >= 11 is 3.64. The lowest BCUT2D eigenvalue weighted by Crippen LogP contribution is -2.37. The van der Waals surface area contributed by atoms with E-state index in [-0.39, 0.29) is 12.1 Å². The number of hydrogen-bond donors (Lipinski definition) is 1. The van der Waals surface area contributed by atoms with Crippen molar-refractivity contribution >= 4 is 15.9 Å². The highest BCUT2D eigenvalue weighted by atomic mass is 79.9. The van der Waals surface area contributed by atoms with Crippen LogP contribution in [-0.2, 0) is 24.1 Å². The van der Waals surface area contributed by atoms with Crippen LogP contribution in [0.3, 0.4) is 0 Å². The smallest absolute Gasteiger partial charge is 0.0766 e. The largest absolute Gasteiger partial charge is 0.377 e. The van der Waals surface area contributed by atoms with Crippen molar-refractivity contribution in [2.24, 2.45) is 5.73 Å². The number of nitrogens with two attached hydrogens (primary N) is 1. The Morgan fingerprint density at radius 1 is 1.39 bits per heavy atom. The summed E-state index contributed by atoms with van der Waals surface area (Å²) in [5.41, 5.74) is 8.47. The van der Waals surface area contributed by atoms with E-state index in [1.54, 1.807) is 0 Å². The minimum Gasteiger partial charge on any atom is -0.377 e. The molecule has 0 saturated heterocycles. The van der Waals surface area contributed by atoms with Crippen LogP contribution in [0.5, 0.6) is 0 Å². The molecule has 4 nitrogen and oxygen atoms in total. The van der Waals surface area contributed by atoms with Crippen molar-refractivity contribution in [2.45, 2.75) is 59.2 Å². The van der Waals surface area contributed by atoms with Gasteiger partial charge in [0.2, 0.25) is 0 Å². The third kappa shape index (κ3) is 3.56. The predicted molar refractivity (Wildman–Crippen MR) is 77.7 cm³/mol. The molecule has 0 radical (unpaired) electrons. The second-order valence-corrected chi connectivity index (χ2v) is 5.20. The Balaban J connectivity index is 2.85. The zero-order valence-corrected chi connectivity index (χ0v) is 13.3. The molecular formula is C13H24BrN3O. The number of rotatable bonds is 7. The molecular weight excluding hydrogens is 294 g/mol. The Bertz CT molecular complexity index is 379. The van der Waals surface area contributed by atoms with Gasteiger partial charge in [-0.25, -0.2) is 0 Å². The van der Waals surface area contributed by atoms with Gasteiger partial charge in [-0.2, -0.15) is 5.10 Å². The number of nitrogens with zero attached hydrogens (tertiary/aromatic N) is 2. The first-order valence-corrected chi connectivity index (χ1v) is 7.45. The fraction of sp³-hybridized carbons (Fsp3) is 0.769. The van der Waals surface area contributed by atoms with Crippen LogP contribution in [0.1, 0.15) is 39.1 Å². The van der Waals surface area contributed by atoms with Gasteiger partial charge in [-0.1, -0.05) is 6.92 Å². The van der Waals surface area contributed by atoms with Crippen LogP contribution in [0, 0.1) is 0 Å². The third-order valence-electron chi connectivity index (χ3n) is 3.16. The Hall–Kier alpha value is -0.390. The maximum absolute atomic E-state index is 6.19. The van der Waals surface area contributed by atoms with E-state index in [9.17, 15) is 0 Å². The molecule has 0 aliphatic heterocycles. The van der Waals surface area contributed by atoms with Crippen LogP contribution in [0.4, 0.5) is 0 Å². The normalized spacial score (nSPS) is 14.8. The minimum absolute atomic E-state index is 0.00652. The van der Waals surface area contributed by atoms with Crippen LogP contribution in [0.2, 0.25) is 0 Å². The second kappa shape index (κ2) is 7.26. The summed E-state index contributed by atoms with van der Waals surface area (Å²) in [5.74, 6) is 0. The number of ether oxygens (including phenoxy) is 1. The minimum atomic E-state index is -0.00652. The van der Waals surface area contributed by atoms with Gasteiger partial charge in [0.15, 0.2) is 0 Å². The maximum atomic E-state index is 6.19. The van der Waals surface area contributed by atoms with E-state index in [1.807, 2.05) is 18.5 Å². The summed E-state index contributed by atoms with van der Waals surface area (Å²) in [6.45, 7) is 9.78. The molecule has 104 valence electrons. The molecule has 0 aromatic carbocycles. The van der Waals surface area contributed by atoms with Crippen molar-refractivity contribution in [3.05, 3.63) is 15.9 Å². The molecule has 0 spiro atoms. The van der Waals surface area contributed by atoms with Crippen molar-refractivity contribution in [1.29, 1.82) is 0 Å². The van der Waals surface area contributed by atoms with E-state index in [0.717, 1.165) is 29.6 Å². The molecule has 0 fully saturated rings. The molecule has 18 heavy (non-hydrogen) atoms. The summed E-state index contributed by atoms with van der Waals surface area (Å²) in [7, 11) is 0. The number of hydrogen-bond acceptors (Lipinski definition) is 3. The molecule has 5 heteroatoms. The molecule has 0 saturated carbocycles. The standard InChI is InChI=1S/C13H24BrN3O/c1-5-11-13(14)12(17(6-2)16-11)8-10(15)9(4)18-7-3/h9-10H,5-8,15H2,1-4H3. The molecule has 0 bridgehead atoms. The van der Waals surface area contributed by atoms with Crippen LogP contribution in [0.25, 0.3) is 0 Å². The fourth-order valence-corrected chi connectivity index (χ4v) is 2.71. The zero-order chi connectivity index (χ0) is 13.7.